The fraction of sp³-hybridized carbons (Fsp3) is 0.407. The molecule has 0 radical (unpaired) electrons. The Kier molecular flexibility index (Phi) is 6.15. The summed E-state index contributed by atoms with van der Waals surface area (Å²) in [6, 6.07) is 13.6. The van der Waals surface area contributed by atoms with E-state index in [1.807, 2.05) is 43.3 Å². The van der Waals surface area contributed by atoms with Crippen molar-refractivity contribution in [3.8, 4) is 0 Å². The van der Waals surface area contributed by atoms with E-state index in [0.29, 0.717) is 31.0 Å². The van der Waals surface area contributed by atoms with Crippen LogP contribution in [0.25, 0.3) is 0 Å². The van der Waals surface area contributed by atoms with Crippen molar-refractivity contribution in [2.75, 3.05) is 11.9 Å². The maximum Gasteiger partial charge on any atom is 0.325 e. The molecule has 2 aromatic carbocycles. The van der Waals surface area contributed by atoms with Crippen molar-refractivity contribution in [3.05, 3.63) is 65.2 Å². The first-order chi connectivity index (χ1) is 17.3. The summed E-state index contributed by atoms with van der Waals surface area (Å²) in [5, 5.41) is 5.42. The maximum absolute atomic E-state index is 13.6. The van der Waals surface area contributed by atoms with Gasteiger partial charge in [-0.3, -0.25) is 14.5 Å². The van der Waals surface area contributed by atoms with E-state index in [-0.39, 0.29) is 24.4 Å². The Labute approximate surface area is 210 Å². The van der Waals surface area contributed by atoms with Crippen LogP contribution in [-0.4, -0.2) is 46.3 Å². The summed E-state index contributed by atoms with van der Waals surface area (Å²) < 4.78 is 0. The lowest BCUT2D eigenvalue weighted by Crippen LogP contribution is -2.49. The average molecular weight is 490 g/mol. The lowest BCUT2D eigenvalue weighted by atomic mass is 9.79. The molecule has 1 saturated heterocycles. The van der Waals surface area contributed by atoms with Gasteiger partial charge in [0.1, 0.15) is 12.1 Å². The molecule has 4 N–H and O–H groups in total. The number of imide groups is 1. The SMILES string of the molecule is C[C@@H](C1CCC1)N(Cc1ccc(NC(N)=O)cc1)C(=O)CN1C(=O)N[C@]2(CCc3ccccc32)C1=O. The second-order valence-electron chi connectivity index (χ2n) is 10.0. The van der Waals surface area contributed by atoms with Gasteiger partial charge in [-0.1, -0.05) is 42.8 Å². The standard InChI is InChI=1S/C27H31N5O4/c1-17(19-6-4-7-19)31(15-18-9-11-21(12-10-18)29-25(28)35)23(33)16-32-24(34)27(30-26(32)36)14-13-20-5-2-3-8-22(20)27/h2-3,5,8-12,17,19H,4,6-7,13-16H2,1H3,(H,30,36)(H3,28,29,35)/t17-,27-/m0/s1. The van der Waals surface area contributed by atoms with Crippen molar-refractivity contribution in [2.45, 2.75) is 57.2 Å². The number of fused-ring (bicyclic) bond motifs is 2. The Morgan fingerprint density at radius 3 is 2.56 bits per heavy atom. The van der Waals surface area contributed by atoms with Crippen molar-refractivity contribution in [1.82, 2.24) is 15.1 Å². The zero-order chi connectivity index (χ0) is 25.4. The van der Waals surface area contributed by atoms with E-state index in [1.54, 1.807) is 17.0 Å². The number of nitrogens with two attached hydrogens (primary N) is 1. The molecule has 188 valence electrons. The molecule has 5 rings (SSSR count). The van der Waals surface area contributed by atoms with Gasteiger partial charge < -0.3 is 21.3 Å². The number of benzene rings is 2. The molecule has 1 saturated carbocycles. The van der Waals surface area contributed by atoms with E-state index < -0.39 is 17.6 Å². The highest BCUT2D eigenvalue weighted by Gasteiger charge is 2.55. The highest BCUT2D eigenvalue weighted by molar-refractivity contribution is 6.10. The largest absolute Gasteiger partial charge is 0.351 e. The van der Waals surface area contributed by atoms with Crippen LogP contribution in [0.4, 0.5) is 15.3 Å². The minimum absolute atomic E-state index is 0.0309. The average Bonchev–Trinajstić information content (AvgIpc) is 3.30. The summed E-state index contributed by atoms with van der Waals surface area (Å²) in [4.78, 5) is 54.1. The number of nitrogens with one attached hydrogen (secondary N) is 2. The van der Waals surface area contributed by atoms with Crippen LogP contribution in [0.2, 0.25) is 0 Å². The van der Waals surface area contributed by atoms with Gasteiger partial charge in [0, 0.05) is 18.3 Å². The number of carbonyl (C=O) groups is 4. The van der Waals surface area contributed by atoms with E-state index in [9.17, 15) is 19.2 Å². The zero-order valence-electron chi connectivity index (χ0n) is 20.3. The molecule has 36 heavy (non-hydrogen) atoms. The van der Waals surface area contributed by atoms with E-state index >= 15 is 0 Å². The molecule has 0 bridgehead atoms. The molecule has 9 nitrogen and oxygen atoms in total. The summed E-state index contributed by atoms with van der Waals surface area (Å²) in [5.41, 5.74) is 7.41. The highest BCUT2D eigenvalue weighted by atomic mass is 16.2. The number of hydrogen-bond acceptors (Lipinski definition) is 4. The lowest BCUT2D eigenvalue weighted by molar-refractivity contribution is -0.142. The van der Waals surface area contributed by atoms with Crippen LogP contribution in [0.1, 0.15) is 49.3 Å². The molecule has 2 aromatic rings. The van der Waals surface area contributed by atoms with Crippen LogP contribution in [0.3, 0.4) is 0 Å². The van der Waals surface area contributed by atoms with E-state index in [4.69, 9.17) is 5.73 Å². The van der Waals surface area contributed by atoms with Crippen LogP contribution < -0.4 is 16.4 Å². The molecule has 0 aromatic heterocycles. The van der Waals surface area contributed by atoms with Gasteiger partial charge in [0.05, 0.1) is 0 Å². The van der Waals surface area contributed by atoms with Crippen molar-refractivity contribution < 1.29 is 19.2 Å². The fourth-order valence-corrected chi connectivity index (χ4v) is 5.63. The Morgan fingerprint density at radius 1 is 1.17 bits per heavy atom. The smallest absolute Gasteiger partial charge is 0.325 e. The van der Waals surface area contributed by atoms with Gasteiger partial charge in [0.15, 0.2) is 0 Å². The summed E-state index contributed by atoms with van der Waals surface area (Å²) in [6.07, 6.45) is 4.44. The first-order valence-electron chi connectivity index (χ1n) is 12.5. The van der Waals surface area contributed by atoms with E-state index in [0.717, 1.165) is 40.9 Å². The molecular weight excluding hydrogens is 458 g/mol. The van der Waals surface area contributed by atoms with Gasteiger partial charge in [-0.05, 0) is 67.3 Å². The third-order valence-electron chi connectivity index (χ3n) is 7.93. The zero-order valence-corrected chi connectivity index (χ0v) is 20.3. The van der Waals surface area contributed by atoms with Gasteiger partial charge >= 0.3 is 12.1 Å². The number of primary amides is 1. The highest BCUT2D eigenvalue weighted by Crippen LogP contribution is 2.41. The Hall–Kier alpha value is -3.88. The summed E-state index contributed by atoms with van der Waals surface area (Å²) in [6.45, 7) is 2.07. The molecule has 1 heterocycles. The molecular formula is C27H31N5O4. The van der Waals surface area contributed by atoms with Gasteiger partial charge in [-0.25, -0.2) is 9.59 Å². The van der Waals surface area contributed by atoms with Crippen molar-refractivity contribution in [3.63, 3.8) is 0 Å². The lowest BCUT2D eigenvalue weighted by Gasteiger charge is -2.39. The maximum atomic E-state index is 13.6. The van der Waals surface area contributed by atoms with Gasteiger partial charge in [-0.15, -0.1) is 0 Å². The number of nitrogens with zero attached hydrogens (tertiary/aromatic N) is 2. The number of hydrogen-bond donors (Lipinski definition) is 3. The predicted molar refractivity (Wildman–Crippen MR) is 134 cm³/mol. The molecule has 2 fully saturated rings. The number of urea groups is 2. The van der Waals surface area contributed by atoms with Crippen LogP contribution in [0, 0.1) is 5.92 Å². The molecule has 3 aliphatic rings. The van der Waals surface area contributed by atoms with Crippen LogP contribution in [0.15, 0.2) is 48.5 Å². The minimum Gasteiger partial charge on any atom is -0.351 e. The van der Waals surface area contributed by atoms with Crippen molar-refractivity contribution in [2.24, 2.45) is 11.7 Å². The van der Waals surface area contributed by atoms with Gasteiger partial charge in [0.2, 0.25) is 5.91 Å². The second kappa shape index (κ2) is 9.29. The second-order valence-corrected chi connectivity index (χ2v) is 10.0. The Morgan fingerprint density at radius 2 is 1.89 bits per heavy atom. The number of amides is 6. The third kappa shape index (κ3) is 4.19. The molecule has 2 atom stereocenters. The monoisotopic (exact) mass is 489 g/mol. The quantitative estimate of drug-likeness (QED) is 0.517. The number of aryl methyl sites for hydroxylation is 1. The van der Waals surface area contributed by atoms with Gasteiger partial charge in [0.25, 0.3) is 5.91 Å². The first-order valence-corrected chi connectivity index (χ1v) is 12.5. The number of carbonyl (C=O) groups excluding carboxylic acids is 4. The summed E-state index contributed by atoms with van der Waals surface area (Å²) in [5.74, 6) is -0.231. The molecule has 2 aliphatic carbocycles. The molecule has 6 amide bonds. The van der Waals surface area contributed by atoms with Crippen LogP contribution in [0.5, 0.6) is 0 Å². The molecule has 1 spiro atoms. The minimum atomic E-state index is -1.08. The van der Waals surface area contributed by atoms with Crippen molar-refractivity contribution >= 4 is 29.6 Å². The molecule has 0 unspecified atom stereocenters. The van der Waals surface area contributed by atoms with Gasteiger partial charge in [-0.2, -0.15) is 0 Å². The van der Waals surface area contributed by atoms with Crippen LogP contribution in [-0.2, 0) is 28.1 Å². The summed E-state index contributed by atoms with van der Waals surface area (Å²) in [7, 11) is 0. The van der Waals surface area contributed by atoms with E-state index in [1.165, 1.54) is 0 Å². The Bertz CT molecular complexity index is 1210. The molecule has 1 aliphatic heterocycles. The summed E-state index contributed by atoms with van der Waals surface area (Å²) >= 11 is 0. The first kappa shape index (κ1) is 23.8. The normalized spacial score (nSPS) is 21.6. The topological polar surface area (TPSA) is 125 Å². The fourth-order valence-electron chi connectivity index (χ4n) is 5.63. The van der Waals surface area contributed by atoms with Crippen LogP contribution >= 0.6 is 0 Å². The number of anilines is 1. The number of rotatable bonds is 7. The Balaban J connectivity index is 1.34. The van der Waals surface area contributed by atoms with Crippen molar-refractivity contribution in [1.29, 1.82) is 0 Å². The van der Waals surface area contributed by atoms with E-state index in [2.05, 4.69) is 10.6 Å². The molecule has 9 heteroatoms. The third-order valence-corrected chi connectivity index (χ3v) is 7.93. The predicted octanol–water partition coefficient (Wildman–Crippen LogP) is 3.09.